The fraction of sp³-hybridized carbons (Fsp3) is 0.208. The zero-order chi connectivity index (χ0) is 23.9. The molecule has 3 amide bonds. The minimum Gasteiger partial charge on any atom is -0.493 e. The molecule has 0 atom stereocenters. The van der Waals surface area contributed by atoms with E-state index in [2.05, 4.69) is 0 Å². The molecule has 33 heavy (non-hydrogen) atoms. The van der Waals surface area contributed by atoms with Gasteiger partial charge >= 0.3 is 0 Å². The summed E-state index contributed by atoms with van der Waals surface area (Å²) < 4.78 is 5.82. The van der Waals surface area contributed by atoms with Crippen LogP contribution in [0.15, 0.2) is 42.5 Å². The van der Waals surface area contributed by atoms with Crippen LogP contribution in [0.1, 0.15) is 36.0 Å². The maximum absolute atomic E-state index is 13.3. The summed E-state index contributed by atoms with van der Waals surface area (Å²) in [4.78, 5) is 41.4. The fourth-order valence-electron chi connectivity index (χ4n) is 3.65. The van der Waals surface area contributed by atoms with Crippen molar-refractivity contribution in [3.63, 3.8) is 0 Å². The highest BCUT2D eigenvalue weighted by atomic mass is 35.5. The Bertz CT molecular complexity index is 1280. The summed E-state index contributed by atoms with van der Waals surface area (Å²) in [7, 11) is 4.98. The first kappa shape index (κ1) is 22.8. The molecule has 1 aromatic heterocycles. The highest BCUT2D eigenvalue weighted by Gasteiger charge is 2.25. The summed E-state index contributed by atoms with van der Waals surface area (Å²) in [5, 5.41) is 0.314. The minimum atomic E-state index is -0.523. The lowest BCUT2D eigenvalue weighted by Gasteiger charge is -2.19. The van der Waals surface area contributed by atoms with E-state index in [4.69, 9.17) is 22.1 Å². The smallest absolute Gasteiger partial charge is 0.268 e. The van der Waals surface area contributed by atoms with Crippen molar-refractivity contribution < 1.29 is 19.1 Å². The number of nitrogens with two attached hydrogens (primary N) is 1. The van der Waals surface area contributed by atoms with Gasteiger partial charge in [0, 0.05) is 49.1 Å². The molecule has 2 aromatic carbocycles. The molecule has 4 rings (SSSR count). The van der Waals surface area contributed by atoms with Gasteiger partial charge in [-0.1, -0.05) is 11.6 Å². The largest absolute Gasteiger partial charge is 0.493 e. The van der Waals surface area contributed by atoms with Gasteiger partial charge in [-0.3, -0.25) is 14.4 Å². The molecule has 0 bridgehead atoms. The fourth-order valence-corrected chi connectivity index (χ4v) is 5.17. The molecule has 0 radical (unpaired) electrons. The van der Waals surface area contributed by atoms with Crippen LogP contribution in [0.25, 0.3) is 10.4 Å². The number of rotatable bonds is 4. The van der Waals surface area contributed by atoms with E-state index in [1.165, 1.54) is 21.1 Å². The van der Waals surface area contributed by atoms with Gasteiger partial charge in [0.1, 0.15) is 5.75 Å². The van der Waals surface area contributed by atoms with Crippen molar-refractivity contribution >= 4 is 46.3 Å². The summed E-state index contributed by atoms with van der Waals surface area (Å²) in [5.41, 5.74) is 8.54. The molecule has 1 aliphatic rings. The summed E-state index contributed by atoms with van der Waals surface area (Å²) >= 11 is 7.78. The Morgan fingerprint density at radius 1 is 1.00 bits per heavy atom. The molecule has 3 aromatic rings. The number of primary amides is 1. The van der Waals surface area contributed by atoms with E-state index in [1.54, 1.807) is 57.5 Å². The average molecular weight is 484 g/mol. The van der Waals surface area contributed by atoms with E-state index in [0.717, 1.165) is 16.0 Å². The molecule has 0 fully saturated rings. The Labute approximate surface area is 200 Å². The number of nitrogens with zero attached hydrogens (tertiary/aromatic N) is 2. The molecule has 170 valence electrons. The maximum atomic E-state index is 13.3. The van der Waals surface area contributed by atoms with Crippen molar-refractivity contribution in [1.82, 2.24) is 4.90 Å². The molecule has 0 aliphatic carbocycles. The van der Waals surface area contributed by atoms with Gasteiger partial charge in [-0.2, -0.15) is 0 Å². The van der Waals surface area contributed by atoms with Crippen LogP contribution in [-0.2, 0) is 6.42 Å². The van der Waals surface area contributed by atoms with E-state index in [-0.39, 0.29) is 11.8 Å². The first-order chi connectivity index (χ1) is 15.7. The molecule has 1 aliphatic heterocycles. The van der Waals surface area contributed by atoms with Crippen molar-refractivity contribution in [1.29, 1.82) is 0 Å². The number of amides is 3. The van der Waals surface area contributed by atoms with E-state index in [1.807, 2.05) is 6.07 Å². The number of carbonyl (C=O) groups excluding carboxylic acids is 3. The highest BCUT2D eigenvalue weighted by Crippen LogP contribution is 2.42. The second kappa shape index (κ2) is 8.88. The van der Waals surface area contributed by atoms with Crippen LogP contribution in [0, 0.1) is 0 Å². The van der Waals surface area contributed by atoms with Gasteiger partial charge in [0.15, 0.2) is 0 Å². The standard InChI is InChI=1S/C24H22ClN3O4S/c1-27(2)23(30)15-5-7-18(17(25)10-15)28(3)24(31)20-12-13-8-9-32-19-11-14(22(26)29)4-6-16(19)21(13)33-20/h4-7,10-12H,8-9H2,1-3H3,(H2,26,29). The zero-order valence-electron chi connectivity index (χ0n) is 18.3. The van der Waals surface area contributed by atoms with Crippen molar-refractivity contribution in [2.24, 2.45) is 5.73 Å². The molecule has 2 N–H and O–H groups in total. The van der Waals surface area contributed by atoms with Crippen LogP contribution in [0.3, 0.4) is 0 Å². The normalized spacial score (nSPS) is 12.1. The van der Waals surface area contributed by atoms with Gasteiger partial charge in [0.25, 0.3) is 11.8 Å². The number of anilines is 1. The van der Waals surface area contributed by atoms with E-state index in [9.17, 15) is 14.4 Å². The quantitative estimate of drug-likeness (QED) is 0.605. The molecule has 2 heterocycles. The number of halogens is 1. The first-order valence-corrected chi connectivity index (χ1v) is 11.4. The van der Waals surface area contributed by atoms with Gasteiger partial charge in [-0.25, -0.2) is 0 Å². The van der Waals surface area contributed by atoms with Crippen LogP contribution in [0.4, 0.5) is 5.69 Å². The first-order valence-electron chi connectivity index (χ1n) is 10.2. The summed E-state index contributed by atoms with van der Waals surface area (Å²) in [6, 6.07) is 11.9. The predicted octanol–water partition coefficient (Wildman–Crippen LogP) is 4.08. The SMILES string of the molecule is CN(C)C(=O)c1ccc(N(C)C(=O)c2cc3c(s2)-c2ccc(C(N)=O)cc2OCC3)c(Cl)c1. The van der Waals surface area contributed by atoms with Gasteiger partial charge in [-0.15, -0.1) is 11.3 Å². The molecule has 9 heteroatoms. The average Bonchev–Trinajstić information content (AvgIpc) is 3.13. The summed E-state index contributed by atoms with van der Waals surface area (Å²) in [6.45, 7) is 0.426. The number of benzene rings is 2. The number of hydrogen-bond donors (Lipinski definition) is 1. The van der Waals surface area contributed by atoms with Crippen LogP contribution in [0.2, 0.25) is 5.02 Å². The predicted molar refractivity (Wildman–Crippen MR) is 130 cm³/mol. The Morgan fingerprint density at radius 3 is 2.39 bits per heavy atom. The third-order valence-electron chi connectivity index (χ3n) is 5.43. The molecule has 0 unspecified atom stereocenters. The van der Waals surface area contributed by atoms with Gasteiger partial charge < -0.3 is 20.3 Å². The number of thiophene rings is 1. The number of ether oxygens (including phenoxy) is 1. The van der Waals surface area contributed by atoms with Crippen LogP contribution in [0.5, 0.6) is 5.75 Å². The monoisotopic (exact) mass is 483 g/mol. The maximum Gasteiger partial charge on any atom is 0.268 e. The topological polar surface area (TPSA) is 92.9 Å². The number of hydrogen-bond acceptors (Lipinski definition) is 5. The van der Waals surface area contributed by atoms with Crippen LogP contribution >= 0.6 is 22.9 Å². The lowest BCUT2D eigenvalue weighted by molar-refractivity contribution is 0.0827. The summed E-state index contributed by atoms with van der Waals surface area (Å²) in [6.07, 6.45) is 0.630. The molecule has 7 nitrogen and oxygen atoms in total. The van der Waals surface area contributed by atoms with Crippen LogP contribution in [-0.4, -0.2) is 50.4 Å². The zero-order valence-corrected chi connectivity index (χ0v) is 19.9. The van der Waals surface area contributed by atoms with E-state index < -0.39 is 5.91 Å². The highest BCUT2D eigenvalue weighted by molar-refractivity contribution is 7.17. The third-order valence-corrected chi connectivity index (χ3v) is 6.93. The number of fused-ring (bicyclic) bond motifs is 3. The molecule has 0 saturated heterocycles. The number of carbonyl (C=O) groups is 3. The van der Waals surface area contributed by atoms with Crippen molar-refractivity contribution in [3.8, 4) is 16.2 Å². The molecular weight excluding hydrogens is 462 g/mol. The van der Waals surface area contributed by atoms with Crippen molar-refractivity contribution in [3.05, 3.63) is 69.1 Å². The van der Waals surface area contributed by atoms with Gasteiger partial charge in [0.05, 0.1) is 22.2 Å². The third kappa shape index (κ3) is 4.31. The molecule has 0 spiro atoms. The second-order valence-corrected chi connectivity index (χ2v) is 9.33. The lowest BCUT2D eigenvalue weighted by atomic mass is 10.1. The second-order valence-electron chi connectivity index (χ2n) is 7.87. The van der Waals surface area contributed by atoms with Crippen molar-refractivity contribution in [2.75, 3.05) is 32.6 Å². The Balaban J connectivity index is 1.65. The summed E-state index contributed by atoms with van der Waals surface area (Å²) in [5.74, 6) is -0.328. The molecular formula is C24H22ClN3O4S. The lowest BCUT2D eigenvalue weighted by Crippen LogP contribution is -2.26. The Kier molecular flexibility index (Phi) is 6.14. The van der Waals surface area contributed by atoms with Gasteiger partial charge in [-0.05, 0) is 48.0 Å². The van der Waals surface area contributed by atoms with Crippen LogP contribution < -0.4 is 15.4 Å². The van der Waals surface area contributed by atoms with E-state index >= 15 is 0 Å². The molecule has 0 saturated carbocycles. The van der Waals surface area contributed by atoms with Gasteiger partial charge in [0.2, 0.25) is 5.91 Å². The van der Waals surface area contributed by atoms with Crippen molar-refractivity contribution in [2.45, 2.75) is 6.42 Å². The minimum absolute atomic E-state index is 0.167. The Morgan fingerprint density at radius 2 is 1.73 bits per heavy atom. The van der Waals surface area contributed by atoms with E-state index in [0.29, 0.717) is 45.5 Å². The Hall–Kier alpha value is -3.36.